The van der Waals surface area contributed by atoms with Crippen LogP contribution in [0.2, 0.25) is 0 Å². The monoisotopic (exact) mass is 259 g/mol. The molecule has 4 heteroatoms. The summed E-state index contributed by atoms with van der Waals surface area (Å²) in [5.41, 5.74) is 7.81. The maximum atomic E-state index is 12.3. The van der Waals surface area contributed by atoms with Crippen molar-refractivity contribution in [1.29, 1.82) is 0 Å². The number of carbonyl (C=O) groups is 1. The highest BCUT2D eigenvalue weighted by atomic mass is 16.1. The zero-order valence-electron chi connectivity index (χ0n) is 11.7. The van der Waals surface area contributed by atoms with Gasteiger partial charge in [-0.05, 0) is 38.5 Å². The Morgan fingerprint density at radius 2 is 2.16 bits per heavy atom. The fourth-order valence-electron chi connectivity index (χ4n) is 2.39. The molecule has 0 atom stereocenters. The quantitative estimate of drug-likeness (QED) is 0.738. The molecule has 0 aliphatic carbocycles. The predicted molar refractivity (Wildman–Crippen MR) is 79.2 cm³/mol. The highest BCUT2D eigenvalue weighted by Crippen LogP contribution is 2.22. The first-order valence-electron chi connectivity index (χ1n) is 6.62. The second-order valence-corrected chi connectivity index (χ2v) is 5.60. The van der Waals surface area contributed by atoms with Gasteiger partial charge in [-0.2, -0.15) is 0 Å². The number of aromatic amines is 1. The Hall–Kier alpha value is -1.97. The molecule has 1 aromatic heterocycles. The van der Waals surface area contributed by atoms with Gasteiger partial charge in [0.15, 0.2) is 0 Å². The number of hydrogen-bond donors (Lipinski definition) is 3. The van der Waals surface area contributed by atoms with Gasteiger partial charge in [-0.15, -0.1) is 0 Å². The molecule has 0 bridgehead atoms. The van der Waals surface area contributed by atoms with Gasteiger partial charge in [0.1, 0.15) is 0 Å². The Labute approximate surface area is 113 Å². The zero-order chi connectivity index (χ0) is 14.0. The second kappa shape index (κ2) is 4.96. The van der Waals surface area contributed by atoms with E-state index >= 15 is 0 Å². The maximum Gasteiger partial charge on any atom is 0.253 e. The van der Waals surface area contributed by atoms with Gasteiger partial charge in [0.2, 0.25) is 0 Å². The SMILES string of the molecule is CCCC(C)(C)NC(=O)c1c[nH]c2ccc(N)cc12. The molecule has 1 amide bonds. The van der Waals surface area contributed by atoms with Crippen LogP contribution in [0.5, 0.6) is 0 Å². The van der Waals surface area contributed by atoms with E-state index in [4.69, 9.17) is 5.73 Å². The number of carbonyl (C=O) groups excluding carboxylic acids is 1. The van der Waals surface area contributed by atoms with Crippen LogP contribution in [-0.2, 0) is 0 Å². The molecule has 0 unspecified atom stereocenters. The van der Waals surface area contributed by atoms with Crippen LogP contribution in [0.4, 0.5) is 5.69 Å². The first-order chi connectivity index (χ1) is 8.93. The summed E-state index contributed by atoms with van der Waals surface area (Å²) in [5, 5.41) is 3.94. The second-order valence-electron chi connectivity index (χ2n) is 5.60. The summed E-state index contributed by atoms with van der Waals surface area (Å²) < 4.78 is 0. The molecular weight excluding hydrogens is 238 g/mol. The average Bonchev–Trinajstić information content (AvgIpc) is 2.70. The molecule has 102 valence electrons. The van der Waals surface area contributed by atoms with E-state index in [2.05, 4.69) is 17.2 Å². The number of anilines is 1. The summed E-state index contributed by atoms with van der Waals surface area (Å²) in [6.07, 6.45) is 3.72. The van der Waals surface area contributed by atoms with E-state index in [0.29, 0.717) is 11.3 Å². The molecule has 0 fully saturated rings. The van der Waals surface area contributed by atoms with E-state index < -0.39 is 0 Å². The van der Waals surface area contributed by atoms with Crippen molar-refractivity contribution in [2.45, 2.75) is 39.2 Å². The summed E-state index contributed by atoms with van der Waals surface area (Å²) in [6, 6.07) is 5.54. The number of fused-ring (bicyclic) bond motifs is 1. The van der Waals surface area contributed by atoms with Crippen LogP contribution in [0.15, 0.2) is 24.4 Å². The highest BCUT2D eigenvalue weighted by Gasteiger charge is 2.21. The molecule has 0 aliphatic rings. The first kappa shape index (κ1) is 13.5. The maximum absolute atomic E-state index is 12.3. The van der Waals surface area contributed by atoms with E-state index in [9.17, 15) is 4.79 Å². The van der Waals surface area contributed by atoms with Crippen LogP contribution < -0.4 is 11.1 Å². The summed E-state index contributed by atoms with van der Waals surface area (Å²) in [5.74, 6) is -0.0599. The van der Waals surface area contributed by atoms with Crippen LogP contribution in [0.1, 0.15) is 44.0 Å². The molecule has 1 heterocycles. The van der Waals surface area contributed by atoms with Gasteiger partial charge in [0.05, 0.1) is 5.56 Å². The fourth-order valence-corrected chi connectivity index (χ4v) is 2.39. The molecule has 1 aromatic carbocycles. The number of hydrogen-bond acceptors (Lipinski definition) is 2. The van der Waals surface area contributed by atoms with Crippen LogP contribution in [-0.4, -0.2) is 16.4 Å². The van der Waals surface area contributed by atoms with Crippen LogP contribution >= 0.6 is 0 Å². The van der Waals surface area contributed by atoms with Crippen molar-refractivity contribution in [3.63, 3.8) is 0 Å². The van der Waals surface area contributed by atoms with Gasteiger partial charge in [-0.3, -0.25) is 4.79 Å². The number of nitrogens with one attached hydrogen (secondary N) is 2. The third-order valence-corrected chi connectivity index (χ3v) is 3.28. The number of rotatable bonds is 4. The number of H-pyrrole nitrogens is 1. The van der Waals surface area contributed by atoms with Crippen molar-refractivity contribution >= 4 is 22.5 Å². The lowest BCUT2D eigenvalue weighted by atomic mass is 9.98. The number of nitrogen functional groups attached to an aromatic ring is 1. The lowest BCUT2D eigenvalue weighted by Crippen LogP contribution is -2.43. The van der Waals surface area contributed by atoms with E-state index in [-0.39, 0.29) is 11.4 Å². The first-order valence-corrected chi connectivity index (χ1v) is 6.62. The normalized spacial score (nSPS) is 11.7. The van der Waals surface area contributed by atoms with Crippen LogP contribution in [0.25, 0.3) is 10.9 Å². The van der Waals surface area contributed by atoms with E-state index in [1.54, 1.807) is 6.20 Å². The molecule has 4 nitrogen and oxygen atoms in total. The van der Waals surface area contributed by atoms with Crippen molar-refractivity contribution in [1.82, 2.24) is 10.3 Å². The highest BCUT2D eigenvalue weighted by molar-refractivity contribution is 6.07. The largest absolute Gasteiger partial charge is 0.399 e. The van der Waals surface area contributed by atoms with Crippen molar-refractivity contribution in [2.75, 3.05) is 5.73 Å². The van der Waals surface area contributed by atoms with Crippen molar-refractivity contribution < 1.29 is 4.79 Å². The van der Waals surface area contributed by atoms with Gasteiger partial charge >= 0.3 is 0 Å². The Bertz CT molecular complexity index is 598. The van der Waals surface area contributed by atoms with Gasteiger partial charge < -0.3 is 16.0 Å². The summed E-state index contributed by atoms with van der Waals surface area (Å²) >= 11 is 0. The molecule has 4 N–H and O–H groups in total. The summed E-state index contributed by atoms with van der Waals surface area (Å²) in [6.45, 7) is 6.19. The number of benzene rings is 1. The minimum Gasteiger partial charge on any atom is -0.399 e. The molecule has 2 aromatic rings. The number of aromatic nitrogens is 1. The fraction of sp³-hybridized carbons (Fsp3) is 0.400. The zero-order valence-corrected chi connectivity index (χ0v) is 11.7. The standard InChI is InChI=1S/C15H21N3O/c1-4-7-15(2,3)18-14(19)12-9-17-13-6-5-10(16)8-11(12)13/h5-6,8-9,17H,4,7,16H2,1-3H3,(H,18,19). The minimum atomic E-state index is -0.199. The molecule has 2 rings (SSSR count). The van der Waals surface area contributed by atoms with Crippen molar-refractivity contribution in [3.05, 3.63) is 30.0 Å². The van der Waals surface area contributed by atoms with Gasteiger partial charge in [0, 0.05) is 28.3 Å². The van der Waals surface area contributed by atoms with Gasteiger partial charge in [-0.1, -0.05) is 13.3 Å². The Morgan fingerprint density at radius 1 is 1.42 bits per heavy atom. The summed E-state index contributed by atoms with van der Waals surface area (Å²) in [4.78, 5) is 15.4. The molecule has 0 saturated carbocycles. The van der Waals surface area contributed by atoms with Crippen LogP contribution in [0.3, 0.4) is 0 Å². The smallest absolute Gasteiger partial charge is 0.253 e. The molecule has 0 aliphatic heterocycles. The predicted octanol–water partition coefficient (Wildman–Crippen LogP) is 3.06. The molecule has 0 saturated heterocycles. The van der Waals surface area contributed by atoms with Crippen molar-refractivity contribution in [2.24, 2.45) is 0 Å². The number of nitrogens with two attached hydrogens (primary N) is 1. The Morgan fingerprint density at radius 3 is 2.84 bits per heavy atom. The number of amides is 1. The average molecular weight is 259 g/mol. The van der Waals surface area contributed by atoms with Crippen molar-refractivity contribution in [3.8, 4) is 0 Å². The molecule has 0 spiro atoms. The lowest BCUT2D eigenvalue weighted by Gasteiger charge is -2.25. The molecule has 19 heavy (non-hydrogen) atoms. The van der Waals surface area contributed by atoms with E-state index in [0.717, 1.165) is 23.7 Å². The minimum absolute atomic E-state index is 0.0599. The summed E-state index contributed by atoms with van der Waals surface area (Å²) in [7, 11) is 0. The van der Waals surface area contributed by atoms with E-state index in [1.807, 2.05) is 32.0 Å². The van der Waals surface area contributed by atoms with Gasteiger partial charge in [-0.25, -0.2) is 0 Å². The van der Waals surface area contributed by atoms with Gasteiger partial charge in [0.25, 0.3) is 5.91 Å². The van der Waals surface area contributed by atoms with E-state index in [1.165, 1.54) is 0 Å². The Balaban J connectivity index is 2.29. The molecule has 0 radical (unpaired) electrons. The van der Waals surface area contributed by atoms with Crippen LogP contribution in [0, 0.1) is 0 Å². The topological polar surface area (TPSA) is 70.9 Å². The Kier molecular flexibility index (Phi) is 3.51. The lowest BCUT2D eigenvalue weighted by molar-refractivity contribution is 0.0911. The molecular formula is C15H21N3O. The third-order valence-electron chi connectivity index (χ3n) is 3.28. The third kappa shape index (κ3) is 2.89.